The number of hydrogen-bond acceptors (Lipinski definition) is 6. The Kier molecular flexibility index (Phi) is 7.83. The highest BCUT2D eigenvalue weighted by Crippen LogP contribution is 2.29. The van der Waals surface area contributed by atoms with Crippen LogP contribution in [-0.2, 0) is 25.6 Å². The van der Waals surface area contributed by atoms with Gasteiger partial charge in [0, 0.05) is 13.0 Å². The summed E-state index contributed by atoms with van der Waals surface area (Å²) in [7, 11) is 3.01. The lowest BCUT2D eigenvalue weighted by Crippen LogP contribution is -2.46. The molecular weight excluding hydrogens is 447 g/mol. The molecule has 0 unspecified atom stereocenters. The lowest BCUT2D eigenvalue weighted by Gasteiger charge is -2.28. The Balaban J connectivity index is 1.83. The van der Waals surface area contributed by atoms with Gasteiger partial charge in [-0.15, -0.1) is 0 Å². The standard InChI is InChI=1S/C24H25FN2O7/c1-33-19-8-3-15(13-20(19)34-2)11-12-26(21(28)9-10-23(30)31)18-14-22(29)27(24(18)32)17-6-4-16(25)5-7-17/h3-8,13,18H,9-12,14H2,1-2H3,(H,30,31)/t18-/m0/s1. The molecule has 1 aliphatic rings. The molecule has 0 aliphatic carbocycles. The van der Waals surface area contributed by atoms with Crippen LogP contribution < -0.4 is 14.4 Å². The van der Waals surface area contributed by atoms with Gasteiger partial charge in [-0.25, -0.2) is 9.29 Å². The van der Waals surface area contributed by atoms with E-state index in [1.54, 1.807) is 18.2 Å². The van der Waals surface area contributed by atoms with Crippen molar-refractivity contribution < 1.29 is 38.1 Å². The third-order valence-corrected chi connectivity index (χ3v) is 5.55. The van der Waals surface area contributed by atoms with Crippen molar-refractivity contribution in [2.75, 3.05) is 25.7 Å². The molecule has 3 rings (SSSR count). The summed E-state index contributed by atoms with van der Waals surface area (Å²) >= 11 is 0. The fourth-order valence-corrected chi connectivity index (χ4v) is 3.82. The van der Waals surface area contributed by atoms with E-state index < -0.39 is 42.0 Å². The Morgan fingerprint density at radius 3 is 2.35 bits per heavy atom. The topological polar surface area (TPSA) is 113 Å². The predicted molar refractivity (Wildman–Crippen MR) is 119 cm³/mol. The number of halogens is 1. The van der Waals surface area contributed by atoms with Crippen LogP contribution >= 0.6 is 0 Å². The Hall–Kier alpha value is -3.95. The number of ether oxygens (including phenoxy) is 2. The van der Waals surface area contributed by atoms with Gasteiger partial charge in [0.2, 0.25) is 11.8 Å². The second-order valence-corrected chi connectivity index (χ2v) is 7.68. The van der Waals surface area contributed by atoms with Crippen LogP contribution in [-0.4, -0.2) is 60.5 Å². The molecule has 1 saturated heterocycles. The van der Waals surface area contributed by atoms with Gasteiger partial charge < -0.3 is 19.5 Å². The van der Waals surface area contributed by atoms with Gasteiger partial charge in [-0.2, -0.15) is 0 Å². The number of hydrogen-bond donors (Lipinski definition) is 1. The SMILES string of the molecule is COc1ccc(CCN(C(=O)CCC(=O)O)[C@H]2CC(=O)N(c3ccc(F)cc3)C2=O)cc1OC. The van der Waals surface area contributed by atoms with Gasteiger partial charge >= 0.3 is 5.97 Å². The lowest BCUT2D eigenvalue weighted by molar-refractivity contribution is -0.143. The van der Waals surface area contributed by atoms with Crippen molar-refractivity contribution >= 4 is 29.4 Å². The lowest BCUT2D eigenvalue weighted by atomic mass is 10.1. The van der Waals surface area contributed by atoms with E-state index in [2.05, 4.69) is 0 Å². The predicted octanol–water partition coefficient (Wildman–Crippen LogP) is 2.41. The minimum atomic E-state index is -1.14. The van der Waals surface area contributed by atoms with E-state index in [4.69, 9.17) is 14.6 Å². The van der Waals surface area contributed by atoms with E-state index in [0.29, 0.717) is 17.9 Å². The van der Waals surface area contributed by atoms with E-state index >= 15 is 0 Å². The van der Waals surface area contributed by atoms with E-state index in [1.807, 2.05) is 0 Å². The smallest absolute Gasteiger partial charge is 0.303 e. The number of imide groups is 1. The summed E-state index contributed by atoms with van der Waals surface area (Å²) in [5.41, 5.74) is 0.998. The van der Waals surface area contributed by atoms with Gasteiger partial charge in [0.15, 0.2) is 11.5 Å². The van der Waals surface area contributed by atoms with E-state index in [-0.39, 0.29) is 25.1 Å². The van der Waals surface area contributed by atoms with Crippen molar-refractivity contribution in [2.45, 2.75) is 31.7 Å². The van der Waals surface area contributed by atoms with Crippen LogP contribution in [0.15, 0.2) is 42.5 Å². The number of rotatable bonds is 10. The molecule has 9 nitrogen and oxygen atoms in total. The molecule has 1 heterocycles. The second-order valence-electron chi connectivity index (χ2n) is 7.68. The van der Waals surface area contributed by atoms with Crippen molar-refractivity contribution in [2.24, 2.45) is 0 Å². The number of methoxy groups -OCH3 is 2. The van der Waals surface area contributed by atoms with E-state index in [0.717, 1.165) is 22.6 Å². The molecule has 0 saturated carbocycles. The Labute approximate surface area is 195 Å². The van der Waals surface area contributed by atoms with Crippen molar-refractivity contribution in [3.63, 3.8) is 0 Å². The average Bonchev–Trinajstić information content (AvgIpc) is 3.11. The number of aliphatic carboxylic acids is 1. The first-order valence-electron chi connectivity index (χ1n) is 10.6. The Morgan fingerprint density at radius 2 is 1.74 bits per heavy atom. The number of carboxylic acids is 1. The maximum Gasteiger partial charge on any atom is 0.303 e. The molecule has 1 fully saturated rings. The number of anilines is 1. The third-order valence-electron chi connectivity index (χ3n) is 5.55. The quantitative estimate of drug-likeness (QED) is 0.528. The zero-order valence-corrected chi connectivity index (χ0v) is 18.8. The van der Waals surface area contributed by atoms with Crippen LogP contribution in [0.5, 0.6) is 11.5 Å². The molecule has 0 bridgehead atoms. The van der Waals surface area contributed by atoms with Gasteiger partial charge in [-0.1, -0.05) is 6.07 Å². The Bertz CT molecular complexity index is 1090. The number of carbonyl (C=O) groups is 4. The molecule has 1 aliphatic heterocycles. The summed E-state index contributed by atoms with van der Waals surface area (Å²) in [6.07, 6.45) is -0.632. The molecule has 10 heteroatoms. The molecule has 2 aromatic rings. The number of carbonyl (C=O) groups excluding carboxylic acids is 3. The molecule has 0 spiro atoms. The van der Waals surface area contributed by atoms with Gasteiger partial charge in [-0.05, 0) is 48.4 Å². The van der Waals surface area contributed by atoms with Crippen LogP contribution in [0.25, 0.3) is 0 Å². The summed E-state index contributed by atoms with van der Waals surface area (Å²) in [5.74, 6) is -2.31. The number of nitrogens with zero attached hydrogens (tertiary/aromatic N) is 2. The summed E-state index contributed by atoms with van der Waals surface area (Å²) in [4.78, 5) is 51.9. The van der Waals surface area contributed by atoms with Gasteiger partial charge in [0.1, 0.15) is 11.9 Å². The van der Waals surface area contributed by atoms with Crippen LogP contribution in [0.2, 0.25) is 0 Å². The minimum absolute atomic E-state index is 0.0783. The van der Waals surface area contributed by atoms with Crippen LogP contribution in [0.1, 0.15) is 24.8 Å². The van der Waals surface area contributed by atoms with E-state index in [9.17, 15) is 23.6 Å². The maximum absolute atomic E-state index is 13.3. The molecule has 0 radical (unpaired) electrons. The number of amides is 3. The third kappa shape index (κ3) is 5.51. The molecular formula is C24H25FN2O7. The fraction of sp³-hybridized carbons (Fsp3) is 0.333. The zero-order valence-electron chi connectivity index (χ0n) is 18.8. The molecule has 3 amide bonds. The van der Waals surface area contributed by atoms with Gasteiger partial charge in [0.05, 0.1) is 32.7 Å². The summed E-state index contributed by atoms with van der Waals surface area (Å²) in [6, 6.07) is 9.05. The minimum Gasteiger partial charge on any atom is -0.493 e. The van der Waals surface area contributed by atoms with Crippen molar-refractivity contribution in [1.82, 2.24) is 4.90 Å². The molecule has 34 heavy (non-hydrogen) atoms. The van der Waals surface area contributed by atoms with E-state index in [1.165, 1.54) is 31.3 Å². The van der Waals surface area contributed by atoms with Crippen molar-refractivity contribution in [3.05, 3.63) is 53.8 Å². The number of carboxylic acid groups (broad SMARTS) is 1. The summed E-state index contributed by atoms with van der Waals surface area (Å²) in [6.45, 7) is 0.0783. The molecule has 2 aromatic carbocycles. The fourth-order valence-electron chi connectivity index (χ4n) is 3.82. The molecule has 180 valence electrons. The monoisotopic (exact) mass is 472 g/mol. The first kappa shape index (κ1) is 24.7. The molecule has 0 aromatic heterocycles. The van der Waals surface area contributed by atoms with Gasteiger partial charge in [-0.3, -0.25) is 19.2 Å². The second kappa shape index (κ2) is 10.8. The van der Waals surface area contributed by atoms with Crippen molar-refractivity contribution in [1.29, 1.82) is 0 Å². The molecule has 1 atom stereocenters. The average molecular weight is 472 g/mol. The first-order chi connectivity index (χ1) is 16.2. The summed E-state index contributed by atoms with van der Waals surface area (Å²) in [5, 5.41) is 8.98. The highest BCUT2D eigenvalue weighted by molar-refractivity contribution is 6.23. The zero-order chi connectivity index (χ0) is 24.8. The maximum atomic E-state index is 13.3. The molecule has 1 N–H and O–H groups in total. The number of benzene rings is 2. The highest BCUT2D eigenvalue weighted by atomic mass is 19.1. The first-order valence-corrected chi connectivity index (χ1v) is 10.6. The van der Waals surface area contributed by atoms with Gasteiger partial charge in [0.25, 0.3) is 5.91 Å². The highest BCUT2D eigenvalue weighted by Gasteiger charge is 2.44. The van der Waals surface area contributed by atoms with Crippen LogP contribution in [0, 0.1) is 5.82 Å². The largest absolute Gasteiger partial charge is 0.493 e. The Morgan fingerprint density at radius 1 is 1.06 bits per heavy atom. The van der Waals surface area contributed by atoms with Crippen LogP contribution in [0.3, 0.4) is 0 Å². The normalized spacial score (nSPS) is 15.4. The summed E-state index contributed by atoms with van der Waals surface area (Å²) < 4.78 is 23.8. The van der Waals surface area contributed by atoms with Crippen molar-refractivity contribution in [3.8, 4) is 11.5 Å². The van der Waals surface area contributed by atoms with Crippen LogP contribution in [0.4, 0.5) is 10.1 Å².